The third kappa shape index (κ3) is 2.35. The molecule has 0 spiro atoms. The maximum absolute atomic E-state index is 11.4. The Hall–Kier alpha value is -1.30. The van der Waals surface area contributed by atoms with E-state index >= 15 is 0 Å². The van der Waals surface area contributed by atoms with E-state index in [4.69, 9.17) is 15.2 Å². The summed E-state index contributed by atoms with van der Waals surface area (Å²) in [5.41, 5.74) is 5.12. The van der Waals surface area contributed by atoms with Gasteiger partial charge in [-0.1, -0.05) is 0 Å². The van der Waals surface area contributed by atoms with Crippen molar-refractivity contribution in [1.82, 2.24) is 4.90 Å². The summed E-state index contributed by atoms with van der Waals surface area (Å²) in [5, 5.41) is 0. The summed E-state index contributed by atoms with van der Waals surface area (Å²) in [7, 11) is 0. The number of ether oxygens (including phenoxy) is 2. The molecule has 0 aromatic heterocycles. The SMILES string of the molecule is CCOC(=O)N1CCOCC1C(N)=O. The molecule has 0 saturated carbocycles. The largest absolute Gasteiger partial charge is 0.450 e. The third-order valence-electron chi connectivity index (χ3n) is 1.96. The van der Waals surface area contributed by atoms with E-state index in [1.54, 1.807) is 6.92 Å². The quantitative estimate of drug-likeness (QED) is 0.643. The molecule has 0 aromatic rings. The lowest BCUT2D eigenvalue weighted by atomic mass is 10.2. The highest BCUT2D eigenvalue weighted by Gasteiger charge is 2.32. The number of nitrogens with zero attached hydrogens (tertiary/aromatic N) is 1. The number of carbonyl (C=O) groups excluding carboxylic acids is 2. The van der Waals surface area contributed by atoms with Gasteiger partial charge in [0.05, 0.1) is 19.8 Å². The van der Waals surface area contributed by atoms with Crippen LogP contribution >= 0.6 is 0 Å². The van der Waals surface area contributed by atoms with E-state index < -0.39 is 18.0 Å². The molecule has 14 heavy (non-hydrogen) atoms. The Morgan fingerprint density at radius 3 is 2.93 bits per heavy atom. The molecule has 0 aliphatic carbocycles. The molecule has 1 aliphatic heterocycles. The van der Waals surface area contributed by atoms with Gasteiger partial charge in [-0.2, -0.15) is 0 Å². The molecular formula is C8H14N2O4. The van der Waals surface area contributed by atoms with Gasteiger partial charge in [-0.3, -0.25) is 9.69 Å². The van der Waals surface area contributed by atoms with Crippen LogP contribution in [0.15, 0.2) is 0 Å². The van der Waals surface area contributed by atoms with Crippen LogP contribution in [0.3, 0.4) is 0 Å². The van der Waals surface area contributed by atoms with Crippen LogP contribution in [0.5, 0.6) is 0 Å². The van der Waals surface area contributed by atoms with E-state index in [0.717, 1.165) is 0 Å². The van der Waals surface area contributed by atoms with Crippen molar-refractivity contribution in [3.8, 4) is 0 Å². The Bertz CT molecular complexity index is 231. The molecule has 80 valence electrons. The number of primary amides is 1. The summed E-state index contributed by atoms with van der Waals surface area (Å²) in [6.07, 6.45) is -0.514. The summed E-state index contributed by atoms with van der Waals surface area (Å²) in [6.45, 7) is 2.88. The van der Waals surface area contributed by atoms with Gasteiger partial charge >= 0.3 is 6.09 Å². The van der Waals surface area contributed by atoms with Gasteiger partial charge in [-0.05, 0) is 6.92 Å². The highest BCUT2D eigenvalue weighted by Crippen LogP contribution is 2.08. The number of morpholine rings is 1. The second kappa shape index (κ2) is 4.80. The predicted octanol–water partition coefficient (Wildman–Crippen LogP) is -0.671. The average Bonchev–Trinajstić information content (AvgIpc) is 2.18. The highest BCUT2D eigenvalue weighted by molar-refractivity contribution is 5.84. The molecule has 0 bridgehead atoms. The topological polar surface area (TPSA) is 81.9 Å². The van der Waals surface area contributed by atoms with Crippen molar-refractivity contribution < 1.29 is 19.1 Å². The Kier molecular flexibility index (Phi) is 3.70. The molecular weight excluding hydrogens is 188 g/mol. The maximum atomic E-state index is 11.4. The first-order chi connectivity index (χ1) is 6.66. The predicted molar refractivity (Wildman–Crippen MR) is 47.5 cm³/mol. The fourth-order valence-electron chi connectivity index (χ4n) is 1.26. The fraction of sp³-hybridized carbons (Fsp3) is 0.750. The molecule has 0 aromatic carbocycles. The van der Waals surface area contributed by atoms with Crippen molar-refractivity contribution in [2.24, 2.45) is 5.73 Å². The molecule has 0 radical (unpaired) electrons. The summed E-state index contributed by atoms with van der Waals surface area (Å²) in [4.78, 5) is 23.6. The Labute approximate surface area is 81.9 Å². The molecule has 1 fully saturated rings. The van der Waals surface area contributed by atoms with Gasteiger partial charge in [-0.15, -0.1) is 0 Å². The minimum atomic E-state index is -0.706. The lowest BCUT2D eigenvalue weighted by Gasteiger charge is -2.32. The third-order valence-corrected chi connectivity index (χ3v) is 1.96. The van der Waals surface area contributed by atoms with Crippen LogP contribution in [0.25, 0.3) is 0 Å². The van der Waals surface area contributed by atoms with Gasteiger partial charge in [0.25, 0.3) is 0 Å². The van der Waals surface area contributed by atoms with Crippen molar-refractivity contribution in [2.75, 3.05) is 26.4 Å². The van der Waals surface area contributed by atoms with Crippen LogP contribution in [0.2, 0.25) is 0 Å². The maximum Gasteiger partial charge on any atom is 0.410 e. The minimum Gasteiger partial charge on any atom is -0.450 e. The minimum absolute atomic E-state index is 0.147. The van der Waals surface area contributed by atoms with Crippen LogP contribution in [-0.2, 0) is 14.3 Å². The van der Waals surface area contributed by atoms with Crippen LogP contribution in [0.4, 0.5) is 4.79 Å². The molecule has 6 nitrogen and oxygen atoms in total. The molecule has 1 aliphatic rings. The van der Waals surface area contributed by atoms with Crippen molar-refractivity contribution in [2.45, 2.75) is 13.0 Å². The first-order valence-electron chi connectivity index (χ1n) is 4.47. The molecule has 2 amide bonds. The van der Waals surface area contributed by atoms with Gasteiger partial charge in [-0.25, -0.2) is 4.79 Å². The zero-order valence-corrected chi connectivity index (χ0v) is 8.06. The fourth-order valence-corrected chi connectivity index (χ4v) is 1.26. The van der Waals surface area contributed by atoms with E-state index in [9.17, 15) is 9.59 Å². The van der Waals surface area contributed by atoms with E-state index in [-0.39, 0.29) is 13.2 Å². The van der Waals surface area contributed by atoms with Gasteiger partial charge in [0.2, 0.25) is 5.91 Å². The molecule has 6 heteroatoms. The number of amides is 2. The first-order valence-corrected chi connectivity index (χ1v) is 4.47. The van der Waals surface area contributed by atoms with Gasteiger partial charge < -0.3 is 15.2 Å². The Morgan fingerprint density at radius 1 is 1.64 bits per heavy atom. The summed E-state index contributed by atoms with van der Waals surface area (Å²) < 4.78 is 9.84. The smallest absolute Gasteiger partial charge is 0.410 e. The average molecular weight is 202 g/mol. The molecule has 2 N–H and O–H groups in total. The highest BCUT2D eigenvalue weighted by atomic mass is 16.6. The zero-order valence-electron chi connectivity index (χ0n) is 8.06. The molecule has 1 rings (SSSR count). The second-order valence-corrected chi connectivity index (χ2v) is 2.89. The zero-order chi connectivity index (χ0) is 10.6. The van der Waals surface area contributed by atoms with Crippen LogP contribution in [0, 0.1) is 0 Å². The normalized spacial score (nSPS) is 21.8. The summed E-state index contributed by atoms with van der Waals surface area (Å²) in [6, 6.07) is -0.706. The standard InChI is InChI=1S/C8H14N2O4/c1-2-14-8(12)10-3-4-13-5-6(10)7(9)11/h6H,2-5H2,1H3,(H2,9,11). The van der Waals surface area contributed by atoms with Crippen molar-refractivity contribution >= 4 is 12.0 Å². The van der Waals surface area contributed by atoms with Crippen LogP contribution in [-0.4, -0.2) is 49.3 Å². The molecule has 1 unspecified atom stereocenters. The Morgan fingerprint density at radius 2 is 2.36 bits per heavy atom. The van der Waals surface area contributed by atoms with Crippen LogP contribution < -0.4 is 5.73 Å². The number of hydrogen-bond acceptors (Lipinski definition) is 4. The first kappa shape index (κ1) is 10.8. The van der Waals surface area contributed by atoms with Gasteiger partial charge in [0.1, 0.15) is 6.04 Å². The second-order valence-electron chi connectivity index (χ2n) is 2.89. The van der Waals surface area contributed by atoms with E-state index in [1.807, 2.05) is 0 Å². The van der Waals surface area contributed by atoms with Crippen molar-refractivity contribution in [3.63, 3.8) is 0 Å². The number of rotatable bonds is 2. The summed E-state index contributed by atoms with van der Waals surface area (Å²) in [5.74, 6) is -0.572. The van der Waals surface area contributed by atoms with E-state index in [2.05, 4.69) is 0 Å². The Balaban J connectivity index is 2.62. The van der Waals surface area contributed by atoms with Crippen molar-refractivity contribution in [1.29, 1.82) is 0 Å². The summed E-state index contributed by atoms with van der Waals surface area (Å²) >= 11 is 0. The van der Waals surface area contributed by atoms with E-state index in [1.165, 1.54) is 4.90 Å². The number of carbonyl (C=O) groups is 2. The molecule has 1 atom stereocenters. The van der Waals surface area contributed by atoms with Crippen molar-refractivity contribution in [3.05, 3.63) is 0 Å². The number of nitrogens with two attached hydrogens (primary N) is 1. The molecule has 1 heterocycles. The van der Waals surface area contributed by atoms with Crippen LogP contribution in [0.1, 0.15) is 6.92 Å². The monoisotopic (exact) mass is 202 g/mol. The lowest BCUT2D eigenvalue weighted by molar-refractivity contribution is -0.128. The lowest BCUT2D eigenvalue weighted by Crippen LogP contribution is -2.54. The number of hydrogen-bond donors (Lipinski definition) is 1. The molecule has 1 saturated heterocycles. The van der Waals surface area contributed by atoms with Gasteiger partial charge in [0.15, 0.2) is 0 Å². The van der Waals surface area contributed by atoms with Gasteiger partial charge in [0, 0.05) is 6.54 Å². The van der Waals surface area contributed by atoms with E-state index in [0.29, 0.717) is 13.2 Å².